The lowest BCUT2D eigenvalue weighted by molar-refractivity contribution is 0.0604. The zero-order valence-electron chi connectivity index (χ0n) is 16.7. The second-order valence-corrected chi connectivity index (χ2v) is 8.88. The number of amides is 1. The minimum Gasteiger partial charge on any atom is -0.368 e. The molecule has 1 amide bonds. The van der Waals surface area contributed by atoms with Crippen LogP contribution in [0.3, 0.4) is 0 Å². The Kier molecular flexibility index (Phi) is 5.50. The van der Waals surface area contributed by atoms with E-state index in [0.717, 1.165) is 25.1 Å². The molecule has 1 aliphatic heterocycles. The van der Waals surface area contributed by atoms with E-state index in [-0.39, 0.29) is 18.0 Å². The lowest BCUT2D eigenvalue weighted by atomic mass is 9.98. The van der Waals surface area contributed by atoms with Crippen LogP contribution in [0.2, 0.25) is 10.0 Å². The third-order valence-electron chi connectivity index (χ3n) is 6.01. The standard InChI is InChI=1S/C23H21Cl2N5O/c24-15-3-6-18(22-26-8-1-9-27-22)19(11-15)23(31)30-17(5-2-14-10-20(14)30)13-29-21-7-4-16(25)12-28-21/h1,3-4,6-9,11-12,14,17,20H,2,5,10,13H2,(H,28,29)/t14-,17+,20+/m1/s1. The molecular weight excluding hydrogens is 433 g/mol. The molecule has 1 aliphatic carbocycles. The topological polar surface area (TPSA) is 71.0 Å². The number of aromatic nitrogens is 3. The Bertz CT molecular complexity index is 1090. The van der Waals surface area contributed by atoms with Gasteiger partial charge in [0.1, 0.15) is 5.82 Å². The highest BCUT2D eigenvalue weighted by molar-refractivity contribution is 6.31. The molecule has 1 aromatic carbocycles. The first-order valence-corrected chi connectivity index (χ1v) is 11.1. The van der Waals surface area contributed by atoms with E-state index in [2.05, 4.69) is 20.3 Å². The normalized spacial score (nSPS) is 22.0. The van der Waals surface area contributed by atoms with Crippen molar-refractivity contribution in [3.05, 3.63) is 70.6 Å². The van der Waals surface area contributed by atoms with Gasteiger partial charge in [-0.1, -0.05) is 23.2 Å². The zero-order valence-corrected chi connectivity index (χ0v) is 18.2. The second kappa shape index (κ2) is 8.44. The molecule has 1 N–H and O–H groups in total. The third kappa shape index (κ3) is 4.23. The molecule has 3 atom stereocenters. The number of carbonyl (C=O) groups is 1. The summed E-state index contributed by atoms with van der Waals surface area (Å²) in [5.41, 5.74) is 1.24. The Labute approximate surface area is 190 Å². The maximum Gasteiger partial charge on any atom is 0.255 e. The number of hydrogen-bond acceptors (Lipinski definition) is 5. The summed E-state index contributed by atoms with van der Waals surface area (Å²) in [6, 6.07) is 11.1. The number of rotatable bonds is 5. The highest BCUT2D eigenvalue weighted by Crippen LogP contribution is 2.46. The molecule has 2 fully saturated rings. The molecule has 158 valence electrons. The summed E-state index contributed by atoms with van der Waals surface area (Å²) in [4.78, 5) is 28.8. The Morgan fingerprint density at radius 2 is 1.87 bits per heavy atom. The van der Waals surface area contributed by atoms with Gasteiger partial charge in [0.15, 0.2) is 5.82 Å². The van der Waals surface area contributed by atoms with Crippen LogP contribution in [0, 0.1) is 5.92 Å². The maximum atomic E-state index is 13.8. The lowest BCUT2D eigenvalue weighted by Gasteiger charge is -2.36. The number of benzene rings is 1. The van der Waals surface area contributed by atoms with E-state index in [1.807, 2.05) is 17.0 Å². The Morgan fingerprint density at radius 3 is 2.65 bits per heavy atom. The van der Waals surface area contributed by atoms with E-state index in [4.69, 9.17) is 23.2 Å². The number of anilines is 1. The molecule has 2 aromatic heterocycles. The molecule has 3 heterocycles. The third-order valence-corrected chi connectivity index (χ3v) is 6.46. The molecule has 3 aromatic rings. The van der Waals surface area contributed by atoms with Crippen LogP contribution in [-0.4, -0.2) is 44.4 Å². The van der Waals surface area contributed by atoms with Crippen molar-refractivity contribution in [3.8, 4) is 11.4 Å². The number of nitrogens with zero attached hydrogens (tertiary/aromatic N) is 4. The average Bonchev–Trinajstić information content (AvgIpc) is 3.58. The van der Waals surface area contributed by atoms with Gasteiger partial charge in [0, 0.05) is 47.8 Å². The molecule has 0 bridgehead atoms. The summed E-state index contributed by atoms with van der Waals surface area (Å²) in [6.07, 6.45) is 8.11. The molecule has 1 saturated carbocycles. The van der Waals surface area contributed by atoms with Gasteiger partial charge in [-0.25, -0.2) is 15.0 Å². The number of halogens is 2. The smallest absolute Gasteiger partial charge is 0.255 e. The fourth-order valence-corrected chi connectivity index (χ4v) is 4.67. The average molecular weight is 454 g/mol. The molecular formula is C23H21Cl2N5O. The number of carbonyl (C=O) groups excluding carboxylic acids is 1. The minimum atomic E-state index is -0.0204. The molecule has 6 nitrogen and oxygen atoms in total. The van der Waals surface area contributed by atoms with E-state index in [9.17, 15) is 4.79 Å². The van der Waals surface area contributed by atoms with Gasteiger partial charge in [-0.3, -0.25) is 4.79 Å². The van der Waals surface area contributed by atoms with Gasteiger partial charge in [-0.05, 0) is 61.6 Å². The van der Waals surface area contributed by atoms with Gasteiger partial charge in [-0.2, -0.15) is 0 Å². The summed E-state index contributed by atoms with van der Waals surface area (Å²) in [5, 5.41) is 4.48. The quantitative estimate of drug-likeness (QED) is 0.591. The van der Waals surface area contributed by atoms with Crippen molar-refractivity contribution < 1.29 is 4.79 Å². The van der Waals surface area contributed by atoms with Crippen LogP contribution >= 0.6 is 23.2 Å². The predicted octanol–water partition coefficient (Wildman–Crippen LogP) is 4.95. The van der Waals surface area contributed by atoms with E-state index in [1.165, 1.54) is 0 Å². The number of hydrogen-bond donors (Lipinski definition) is 1. The van der Waals surface area contributed by atoms with Crippen LogP contribution in [0.15, 0.2) is 55.0 Å². The Morgan fingerprint density at radius 1 is 1.06 bits per heavy atom. The van der Waals surface area contributed by atoms with Gasteiger partial charge in [0.2, 0.25) is 0 Å². The monoisotopic (exact) mass is 453 g/mol. The minimum absolute atomic E-state index is 0.0204. The molecule has 8 heteroatoms. The van der Waals surface area contributed by atoms with E-state index < -0.39 is 0 Å². The fourth-order valence-electron chi connectivity index (χ4n) is 4.38. The van der Waals surface area contributed by atoms with E-state index in [1.54, 1.807) is 42.9 Å². The van der Waals surface area contributed by atoms with Crippen LogP contribution in [-0.2, 0) is 0 Å². The number of likely N-dealkylation sites (tertiary alicyclic amines) is 1. The van der Waals surface area contributed by atoms with Crippen molar-refractivity contribution >= 4 is 34.9 Å². The molecule has 2 aliphatic rings. The first-order chi connectivity index (χ1) is 15.1. The number of pyridine rings is 1. The first kappa shape index (κ1) is 20.2. The SMILES string of the molecule is O=C(c1cc(Cl)ccc1-c1ncccn1)N1[C@H](CNc2ccc(Cl)cn2)CC[C@@H]2C[C@@H]21. The highest BCUT2D eigenvalue weighted by Gasteiger charge is 2.50. The van der Waals surface area contributed by atoms with Gasteiger partial charge < -0.3 is 10.2 Å². The van der Waals surface area contributed by atoms with E-state index >= 15 is 0 Å². The fraction of sp³-hybridized carbons (Fsp3) is 0.304. The number of piperidine rings is 1. The van der Waals surface area contributed by atoms with Gasteiger partial charge in [-0.15, -0.1) is 0 Å². The highest BCUT2D eigenvalue weighted by atomic mass is 35.5. The van der Waals surface area contributed by atoms with Crippen LogP contribution in [0.25, 0.3) is 11.4 Å². The second-order valence-electron chi connectivity index (χ2n) is 8.01. The lowest BCUT2D eigenvalue weighted by Crippen LogP contribution is -2.48. The largest absolute Gasteiger partial charge is 0.368 e. The van der Waals surface area contributed by atoms with Crippen molar-refractivity contribution in [2.24, 2.45) is 5.92 Å². The molecule has 31 heavy (non-hydrogen) atoms. The summed E-state index contributed by atoms with van der Waals surface area (Å²) in [7, 11) is 0. The van der Waals surface area contributed by atoms with Crippen LogP contribution in [0.5, 0.6) is 0 Å². The summed E-state index contributed by atoms with van der Waals surface area (Å²) >= 11 is 12.2. The summed E-state index contributed by atoms with van der Waals surface area (Å²) in [6.45, 7) is 0.626. The molecule has 1 saturated heterocycles. The van der Waals surface area contributed by atoms with Gasteiger partial charge >= 0.3 is 0 Å². The molecule has 0 unspecified atom stereocenters. The van der Waals surface area contributed by atoms with Crippen molar-refractivity contribution in [1.82, 2.24) is 19.9 Å². The Hall–Kier alpha value is -2.70. The number of nitrogens with one attached hydrogen (secondary N) is 1. The molecule has 5 rings (SSSR count). The van der Waals surface area contributed by atoms with Crippen LogP contribution in [0.4, 0.5) is 5.82 Å². The molecule has 0 spiro atoms. The van der Waals surface area contributed by atoms with Crippen LogP contribution < -0.4 is 5.32 Å². The summed E-state index contributed by atoms with van der Waals surface area (Å²) < 4.78 is 0. The van der Waals surface area contributed by atoms with E-state index in [0.29, 0.717) is 39.5 Å². The Balaban J connectivity index is 1.43. The van der Waals surface area contributed by atoms with Crippen molar-refractivity contribution in [2.75, 3.05) is 11.9 Å². The van der Waals surface area contributed by atoms with Crippen LogP contribution in [0.1, 0.15) is 29.6 Å². The predicted molar refractivity (Wildman–Crippen MR) is 121 cm³/mol. The zero-order chi connectivity index (χ0) is 21.4. The number of fused-ring (bicyclic) bond motifs is 1. The van der Waals surface area contributed by atoms with Crippen molar-refractivity contribution in [2.45, 2.75) is 31.3 Å². The van der Waals surface area contributed by atoms with Crippen molar-refractivity contribution in [1.29, 1.82) is 0 Å². The van der Waals surface area contributed by atoms with Crippen molar-refractivity contribution in [3.63, 3.8) is 0 Å². The molecule has 0 radical (unpaired) electrons. The maximum absolute atomic E-state index is 13.8. The summed E-state index contributed by atoms with van der Waals surface area (Å²) in [5.74, 6) is 1.83. The first-order valence-electron chi connectivity index (χ1n) is 10.3. The van der Waals surface area contributed by atoms with Gasteiger partial charge in [0.25, 0.3) is 5.91 Å². The van der Waals surface area contributed by atoms with Gasteiger partial charge in [0.05, 0.1) is 10.6 Å².